The molecule has 1 heteroatoms. The van der Waals surface area contributed by atoms with Crippen LogP contribution in [0.5, 0.6) is 0 Å². The zero-order valence-electron chi connectivity index (χ0n) is 6.40. The van der Waals surface area contributed by atoms with Crippen molar-refractivity contribution < 1.29 is 4.74 Å². The highest BCUT2D eigenvalue weighted by atomic mass is 16.5. The van der Waals surface area contributed by atoms with Crippen LogP contribution in [0.15, 0.2) is 24.0 Å². The van der Waals surface area contributed by atoms with Crippen molar-refractivity contribution in [3.8, 4) is 0 Å². The van der Waals surface area contributed by atoms with Gasteiger partial charge in [-0.15, -0.1) is 0 Å². The molecular weight excluding hydrogens is 112 g/mol. The van der Waals surface area contributed by atoms with Gasteiger partial charge in [0.15, 0.2) is 0 Å². The lowest BCUT2D eigenvalue weighted by Crippen LogP contribution is -1.88. The molecule has 0 unspecified atom stereocenters. The molecule has 0 N–H and O–H groups in total. The van der Waals surface area contributed by atoms with Gasteiger partial charge in [-0.25, -0.2) is 0 Å². The Morgan fingerprint density at radius 2 is 2.22 bits per heavy atom. The van der Waals surface area contributed by atoms with Crippen molar-refractivity contribution in [1.82, 2.24) is 0 Å². The molecule has 9 heavy (non-hydrogen) atoms. The molecular formula is C8H14O. The predicted octanol–water partition coefficient (Wildman–Crippen LogP) is 2.50. The Balaban J connectivity index is 3.97. The van der Waals surface area contributed by atoms with Gasteiger partial charge in [-0.2, -0.15) is 0 Å². The lowest BCUT2D eigenvalue weighted by molar-refractivity contribution is 0.298. The molecule has 0 aliphatic rings. The van der Waals surface area contributed by atoms with Crippen LogP contribution < -0.4 is 0 Å². The minimum absolute atomic E-state index is 0.900. The third kappa shape index (κ3) is 2.36. The Kier molecular flexibility index (Phi) is 3.85. The zero-order valence-corrected chi connectivity index (χ0v) is 6.40. The van der Waals surface area contributed by atoms with Gasteiger partial charge < -0.3 is 4.74 Å². The number of hydrogen-bond acceptors (Lipinski definition) is 1. The van der Waals surface area contributed by atoms with E-state index in [9.17, 15) is 0 Å². The number of rotatable bonds is 3. The highest BCUT2D eigenvalue weighted by molar-refractivity contribution is 5.20. The number of hydrogen-bond donors (Lipinski definition) is 0. The third-order valence-electron chi connectivity index (χ3n) is 1.26. The van der Waals surface area contributed by atoms with Crippen molar-refractivity contribution in [3.05, 3.63) is 24.0 Å². The van der Waals surface area contributed by atoms with E-state index in [0.717, 1.165) is 17.8 Å². The van der Waals surface area contributed by atoms with Gasteiger partial charge in [0.05, 0.1) is 7.11 Å². The summed E-state index contributed by atoms with van der Waals surface area (Å²) in [6.07, 6.45) is 2.87. The average Bonchev–Trinajstić information content (AvgIpc) is 1.90. The van der Waals surface area contributed by atoms with Crippen LogP contribution in [0.25, 0.3) is 0 Å². The Morgan fingerprint density at radius 1 is 1.67 bits per heavy atom. The molecule has 1 nitrogen and oxygen atoms in total. The molecule has 0 rings (SSSR count). The smallest absolute Gasteiger partial charge is 0.117 e. The van der Waals surface area contributed by atoms with E-state index in [1.807, 2.05) is 13.0 Å². The summed E-state index contributed by atoms with van der Waals surface area (Å²) in [4.78, 5) is 0. The van der Waals surface area contributed by atoms with E-state index in [1.165, 1.54) is 0 Å². The quantitative estimate of drug-likeness (QED) is 0.417. The fraction of sp³-hybridized carbons (Fsp3) is 0.500. The summed E-state index contributed by atoms with van der Waals surface area (Å²) in [5, 5.41) is 0. The minimum atomic E-state index is 0.900. The van der Waals surface area contributed by atoms with Gasteiger partial charge in [0.2, 0.25) is 0 Å². The summed E-state index contributed by atoms with van der Waals surface area (Å²) >= 11 is 0. The fourth-order valence-corrected chi connectivity index (χ4v) is 0.641. The van der Waals surface area contributed by atoms with Gasteiger partial charge >= 0.3 is 0 Å². The number of methoxy groups -OCH3 is 1. The molecule has 0 heterocycles. The van der Waals surface area contributed by atoms with Crippen molar-refractivity contribution >= 4 is 0 Å². The summed E-state index contributed by atoms with van der Waals surface area (Å²) in [6.45, 7) is 7.83. The highest BCUT2D eigenvalue weighted by Crippen LogP contribution is 2.10. The molecule has 0 fully saturated rings. The second kappa shape index (κ2) is 4.19. The van der Waals surface area contributed by atoms with Crippen molar-refractivity contribution in [2.45, 2.75) is 20.3 Å². The monoisotopic (exact) mass is 126 g/mol. The van der Waals surface area contributed by atoms with Crippen molar-refractivity contribution in [3.63, 3.8) is 0 Å². The van der Waals surface area contributed by atoms with Gasteiger partial charge in [0.25, 0.3) is 0 Å². The summed E-state index contributed by atoms with van der Waals surface area (Å²) in [5.41, 5.74) is 1.06. The van der Waals surface area contributed by atoms with E-state index in [4.69, 9.17) is 4.74 Å². The average molecular weight is 126 g/mol. The van der Waals surface area contributed by atoms with Crippen LogP contribution >= 0.6 is 0 Å². The SMILES string of the molecule is C=C(CC)C(=CC)OC. The maximum atomic E-state index is 5.01. The Labute approximate surface area is 57.0 Å². The van der Waals surface area contributed by atoms with Gasteiger partial charge in [0.1, 0.15) is 5.76 Å². The van der Waals surface area contributed by atoms with E-state index in [-0.39, 0.29) is 0 Å². The summed E-state index contributed by atoms with van der Waals surface area (Å²) in [6, 6.07) is 0. The molecule has 0 aliphatic carbocycles. The maximum Gasteiger partial charge on any atom is 0.117 e. The second-order valence-electron chi connectivity index (χ2n) is 1.81. The summed E-state index contributed by atoms with van der Waals surface area (Å²) in [7, 11) is 1.66. The zero-order chi connectivity index (χ0) is 7.28. The summed E-state index contributed by atoms with van der Waals surface area (Å²) < 4.78 is 5.01. The molecule has 0 amide bonds. The second-order valence-corrected chi connectivity index (χ2v) is 1.81. The van der Waals surface area contributed by atoms with E-state index in [0.29, 0.717) is 0 Å². The Morgan fingerprint density at radius 3 is 2.33 bits per heavy atom. The topological polar surface area (TPSA) is 9.23 Å². The Bertz CT molecular complexity index is 123. The molecule has 52 valence electrons. The van der Waals surface area contributed by atoms with Gasteiger partial charge in [-0.1, -0.05) is 13.5 Å². The number of ether oxygens (including phenoxy) is 1. The first kappa shape index (κ1) is 8.28. The van der Waals surface area contributed by atoms with E-state index < -0.39 is 0 Å². The molecule has 0 atom stereocenters. The largest absolute Gasteiger partial charge is 0.497 e. The van der Waals surface area contributed by atoms with E-state index in [1.54, 1.807) is 7.11 Å². The molecule has 0 aromatic heterocycles. The van der Waals surface area contributed by atoms with Crippen LogP contribution in [0.2, 0.25) is 0 Å². The van der Waals surface area contributed by atoms with Crippen molar-refractivity contribution in [2.24, 2.45) is 0 Å². The van der Waals surface area contributed by atoms with Crippen LogP contribution in [0.1, 0.15) is 20.3 Å². The van der Waals surface area contributed by atoms with Crippen LogP contribution in [-0.2, 0) is 4.74 Å². The number of allylic oxidation sites excluding steroid dienone is 2. The maximum absolute atomic E-state index is 5.01. The lowest BCUT2D eigenvalue weighted by Gasteiger charge is -2.04. The molecule has 0 aromatic carbocycles. The fourth-order valence-electron chi connectivity index (χ4n) is 0.641. The molecule has 0 saturated heterocycles. The van der Waals surface area contributed by atoms with Crippen molar-refractivity contribution in [2.75, 3.05) is 7.11 Å². The molecule has 0 saturated carbocycles. The van der Waals surface area contributed by atoms with Crippen LogP contribution in [0, 0.1) is 0 Å². The molecule has 0 aromatic rings. The van der Waals surface area contributed by atoms with Crippen LogP contribution in [0.3, 0.4) is 0 Å². The molecule has 0 radical (unpaired) electrons. The lowest BCUT2D eigenvalue weighted by atomic mass is 10.2. The van der Waals surface area contributed by atoms with E-state index in [2.05, 4.69) is 13.5 Å². The first-order chi connectivity index (χ1) is 4.26. The van der Waals surface area contributed by atoms with Crippen LogP contribution in [-0.4, -0.2) is 7.11 Å². The normalized spacial score (nSPS) is 11.2. The highest BCUT2D eigenvalue weighted by Gasteiger charge is 1.95. The van der Waals surface area contributed by atoms with E-state index >= 15 is 0 Å². The van der Waals surface area contributed by atoms with Gasteiger partial charge in [0, 0.05) is 0 Å². The predicted molar refractivity (Wildman–Crippen MR) is 40.2 cm³/mol. The minimum Gasteiger partial charge on any atom is -0.497 e. The molecule has 0 spiro atoms. The Hall–Kier alpha value is -0.720. The first-order valence-corrected chi connectivity index (χ1v) is 3.14. The van der Waals surface area contributed by atoms with Crippen molar-refractivity contribution in [1.29, 1.82) is 0 Å². The van der Waals surface area contributed by atoms with Crippen LogP contribution in [0.4, 0.5) is 0 Å². The summed E-state index contributed by atoms with van der Waals surface area (Å²) in [5.74, 6) is 0.900. The first-order valence-electron chi connectivity index (χ1n) is 3.14. The standard InChI is InChI=1S/C8H14O/c1-5-7(3)8(6-2)9-4/h6H,3,5H2,1-2,4H3. The van der Waals surface area contributed by atoms with Gasteiger partial charge in [-0.05, 0) is 25.0 Å². The molecule has 0 aliphatic heterocycles. The third-order valence-corrected chi connectivity index (χ3v) is 1.26. The van der Waals surface area contributed by atoms with Gasteiger partial charge in [-0.3, -0.25) is 0 Å². The molecule has 0 bridgehead atoms.